The quantitative estimate of drug-likeness (QED) is 0.921. The Labute approximate surface area is 132 Å². The van der Waals surface area contributed by atoms with Crippen LogP contribution in [0.1, 0.15) is 17.3 Å². The number of aromatic nitrogens is 1. The van der Waals surface area contributed by atoms with Gasteiger partial charge < -0.3 is 10.1 Å². The van der Waals surface area contributed by atoms with Gasteiger partial charge in [-0.15, -0.1) is 0 Å². The molecule has 0 radical (unpaired) electrons. The maximum Gasteiger partial charge on any atom is 0.0594 e. The smallest absolute Gasteiger partial charge is 0.0594 e. The number of pyridine rings is 1. The summed E-state index contributed by atoms with van der Waals surface area (Å²) < 4.78 is 5.49. The van der Waals surface area contributed by atoms with Crippen molar-refractivity contribution in [1.29, 1.82) is 0 Å². The van der Waals surface area contributed by atoms with Gasteiger partial charge in [-0.25, -0.2) is 0 Å². The number of rotatable bonds is 5. The minimum atomic E-state index is 0.360. The molecule has 0 bridgehead atoms. The van der Waals surface area contributed by atoms with Crippen molar-refractivity contribution in [2.24, 2.45) is 0 Å². The fourth-order valence-corrected chi connectivity index (χ4v) is 2.89. The molecule has 2 heterocycles. The minimum Gasteiger partial charge on any atom is -0.383 e. The zero-order valence-electron chi connectivity index (χ0n) is 13.0. The maximum absolute atomic E-state index is 5.49. The molecule has 116 valence electrons. The largest absolute Gasteiger partial charge is 0.383 e. The standard InChI is InChI=1S/C18H23N3O/c1-15-13-17(7-8-19-15)20-14-18(16-5-3-2-4-6-16)21-9-11-22-12-10-21/h2-8,13,18H,9-12,14H2,1H3,(H,19,20). The van der Waals surface area contributed by atoms with Crippen molar-refractivity contribution in [2.45, 2.75) is 13.0 Å². The first kappa shape index (κ1) is 15.0. The molecule has 1 fully saturated rings. The monoisotopic (exact) mass is 297 g/mol. The predicted octanol–water partition coefficient (Wildman–Crippen LogP) is 2.88. The van der Waals surface area contributed by atoms with E-state index in [-0.39, 0.29) is 0 Å². The number of ether oxygens (including phenoxy) is 1. The normalized spacial score (nSPS) is 17.1. The van der Waals surface area contributed by atoms with Crippen LogP contribution in [0, 0.1) is 6.92 Å². The minimum absolute atomic E-state index is 0.360. The summed E-state index contributed by atoms with van der Waals surface area (Å²) in [6.07, 6.45) is 1.85. The number of morpholine rings is 1. The van der Waals surface area contributed by atoms with Crippen molar-refractivity contribution in [3.63, 3.8) is 0 Å². The molecule has 4 heteroatoms. The molecule has 0 aliphatic carbocycles. The van der Waals surface area contributed by atoms with Gasteiger partial charge >= 0.3 is 0 Å². The second-order valence-corrected chi connectivity index (χ2v) is 5.64. The number of nitrogens with one attached hydrogen (secondary N) is 1. The molecular formula is C18H23N3O. The molecular weight excluding hydrogens is 274 g/mol. The van der Waals surface area contributed by atoms with Crippen LogP contribution in [0.25, 0.3) is 0 Å². The van der Waals surface area contributed by atoms with Crippen LogP contribution in [-0.4, -0.2) is 42.7 Å². The van der Waals surface area contributed by atoms with Crippen LogP contribution in [0.2, 0.25) is 0 Å². The van der Waals surface area contributed by atoms with Gasteiger partial charge in [-0.2, -0.15) is 0 Å². The lowest BCUT2D eigenvalue weighted by molar-refractivity contribution is 0.0187. The molecule has 2 aromatic rings. The van der Waals surface area contributed by atoms with Crippen LogP contribution in [0.4, 0.5) is 5.69 Å². The van der Waals surface area contributed by atoms with E-state index >= 15 is 0 Å². The molecule has 1 unspecified atom stereocenters. The van der Waals surface area contributed by atoms with Crippen LogP contribution in [0.15, 0.2) is 48.7 Å². The summed E-state index contributed by atoms with van der Waals surface area (Å²) in [5, 5.41) is 3.56. The van der Waals surface area contributed by atoms with Gasteiger partial charge in [0.25, 0.3) is 0 Å². The molecule has 1 aliphatic rings. The summed E-state index contributed by atoms with van der Waals surface area (Å²) in [6.45, 7) is 6.50. The summed E-state index contributed by atoms with van der Waals surface area (Å²) in [5.41, 5.74) is 3.51. The van der Waals surface area contributed by atoms with Crippen LogP contribution >= 0.6 is 0 Å². The highest BCUT2D eigenvalue weighted by atomic mass is 16.5. The molecule has 0 saturated carbocycles. The Morgan fingerprint density at radius 1 is 1.18 bits per heavy atom. The Morgan fingerprint density at radius 3 is 2.68 bits per heavy atom. The van der Waals surface area contributed by atoms with Gasteiger partial charge in [0, 0.05) is 37.2 Å². The topological polar surface area (TPSA) is 37.4 Å². The van der Waals surface area contributed by atoms with E-state index < -0.39 is 0 Å². The van der Waals surface area contributed by atoms with Crippen LogP contribution in [-0.2, 0) is 4.74 Å². The van der Waals surface area contributed by atoms with Gasteiger partial charge in [0.1, 0.15) is 0 Å². The lowest BCUT2D eigenvalue weighted by Gasteiger charge is -2.35. The molecule has 1 aliphatic heterocycles. The molecule has 1 saturated heterocycles. The number of nitrogens with zero attached hydrogens (tertiary/aromatic N) is 2. The second kappa shape index (κ2) is 7.38. The molecule has 1 N–H and O–H groups in total. The first-order chi connectivity index (χ1) is 10.8. The summed E-state index contributed by atoms with van der Waals surface area (Å²) in [7, 11) is 0. The van der Waals surface area contributed by atoms with Crippen LogP contribution in [0.3, 0.4) is 0 Å². The highest BCUT2D eigenvalue weighted by molar-refractivity contribution is 5.43. The molecule has 0 spiro atoms. The zero-order chi connectivity index (χ0) is 15.2. The van der Waals surface area contributed by atoms with E-state index in [1.54, 1.807) is 0 Å². The van der Waals surface area contributed by atoms with Gasteiger partial charge in [0.2, 0.25) is 0 Å². The SMILES string of the molecule is Cc1cc(NCC(c2ccccc2)N2CCOCC2)ccn1. The van der Waals surface area contributed by atoms with Crippen LogP contribution in [0.5, 0.6) is 0 Å². The molecule has 1 aromatic carbocycles. The molecule has 4 nitrogen and oxygen atoms in total. The van der Waals surface area contributed by atoms with E-state index in [0.717, 1.165) is 44.2 Å². The van der Waals surface area contributed by atoms with E-state index in [1.807, 2.05) is 19.2 Å². The van der Waals surface area contributed by atoms with Gasteiger partial charge in [0.15, 0.2) is 0 Å². The Bertz CT molecular complexity index is 582. The van der Waals surface area contributed by atoms with Crippen molar-refractivity contribution >= 4 is 5.69 Å². The Balaban J connectivity index is 1.73. The number of aryl methyl sites for hydroxylation is 1. The van der Waals surface area contributed by atoms with Crippen molar-refractivity contribution in [1.82, 2.24) is 9.88 Å². The van der Waals surface area contributed by atoms with E-state index in [9.17, 15) is 0 Å². The number of anilines is 1. The fraction of sp³-hybridized carbons (Fsp3) is 0.389. The summed E-state index contributed by atoms with van der Waals surface area (Å²) in [5.74, 6) is 0. The average molecular weight is 297 g/mol. The lowest BCUT2D eigenvalue weighted by Crippen LogP contribution is -2.41. The third-order valence-electron chi connectivity index (χ3n) is 4.07. The van der Waals surface area contributed by atoms with Crippen molar-refractivity contribution in [3.8, 4) is 0 Å². The molecule has 0 amide bonds. The molecule has 3 rings (SSSR count). The average Bonchev–Trinajstić information content (AvgIpc) is 2.57. The number of hydrogen-bond acceptors (Lipinski definition) is 4. The third kappa shape index (κ3) is 3.84. The first-order valence-corrected chi connectivity index (χ1v) is 7.86. The van der Waals surface area contributed by atoms with Crippen molar-refractivity contribution in [3.05, 3.63) is 59.9 Å². The first-order valence-electron chi connectivity index (χ1n) is 7.86. The second-order valence-electron chi connectivity index (χ2n) is 5.64. The van der Waals surface area contributed by atoms with E-state index in [2.05, 4.69) is 51.6 Å². The molecule has 1 aromatic heterocycles. The fourth-order valence-electron chi connectivity index (χ4n) is 2.89. The van der Waals surface area contributed by atoms with Gasteiger partial charge in [0.05, 0.1) is 19.3 Å². The van der Waals surface area contributed by atoms with Gasteiger partial charge in [-0.05, 0) is 24.6 Å². The zero-order valence-corrected chi connectivity index (χ0v) is 13.0. The highest BCUT2D eigenvalue weighted by Gasteiger charge is 2.22. The molecule has 22 heavy (non-hydrogen) atoms. The van der Waals surface area contributed by atoms with E-state index in [4.69, 9.17) is 4.74 Å². The van der Waals surface area contributed by atoms with E-state index in [0.29, 0.717) is 6.04 Å². The van der Waals surface area contributed by atoms with Crippen LogP contribution < -0.4 is 5.32 Å². The number of hydrogen-bond donors (Lipinski definition) is 1. The highest BCUT2D eigenvalue weighted by Crippen LogP contribution is 2.22. The predicted molar refractivity (Wildman–Crippen MR) is 89.0 cm³/mol. The third-order valence-corrected chi connectivity index (χ3v) is 4.07. The van der Waals surface area contributed by atoms with E-state index in [1.165, 1.54) is 5.56 Å². The lowest BCUT2D eigenvalue weighted by atomic mass is 10.0. The Kier molecular flexibility index (Phi) is 5.03. The Morgan fingerprint density at radius 2 is 1.95 bits per heavy atom. The van der Waals surface area contributed by atoms with Crippen molar-refractivity contribution < 1.29 is 4.74 Å². The van der Waals surface area contributed by atoms with Gasteiger partial charge in [-0.3, -0.25) is 9.88 Å². The number of benzene rings is 1. The Hall–Kier alpha value is -1.91. The maximum atomic E-state index is 5.49. The van der Waals surface area contributed by atoms with Gasteiger partial charge in [-0.1, -0.05) is 30.3 Å². The molecule has 1 atom stereocenters. The summed E-state index contributed by atoms with van der Waals surface area (Å²) in [4.78, 5) is 6.75. The van der Waals surface area contributed by atoms with Crippen molar-refractivity contribution in [2.75, 3.05) is 38.2 Å². The summed E-state index contributed by atoms with van der Waals surface area (Å²) in [6, 6.07) is 15.2. The summed E-state index contributed by atoms with van der Waals surface area (Å²) >= 11 is 0.